The smallest absolute Gasteiger partial charge is 0.175 e. The Bertz CT molecular complexity index is 803. The van der Waals surface area contributed by atoms with Gasteiger partial charge in [-0.3, -0.25) is 4.79 Å². The predicted octanol–water partition coefficient (Wildman–Crippen LogP) is 5.35. The highest BCUT2D eigenvalue weighted by molar-refractivity contribution is 5.82. The van der Waals surface area contributed by atoms with Gasteiger partial charge < -0.3 is 9.47 Å². The average Bonchev–Trinajstić information content (AvgIpc) is 3.28. The molecule has 2 bridgehead atoms. The topological polar surface area (TPSA) is 35.5 Å². The fraction of sp³-hybridized carbons (Fsp3) is 0.800. The Labute approximate surface area is 168 Å². The van der Waals surface area contributed by atoms with E-state index >= 15 is 0 Å². The third-order valence-electron chi connectivity index (χ3n) is 10.6. The maximum atomic E-state index is 12.0. The molecule has 1 saturated heterocycles. The van der Waals surface area contributed by atoms with Crippen LogP contribution >= 0.6 is 0 Å². The largest absolute Gasteiger partial charge is 0.347 e. The number of hydrogen-bond acceptors (Lipinski definition) is 3. The summed E-state index contributed by atoms with van der Waals surface area (Å²) in [7, 11) is 0. The molecular formula is C25H34O3. The number of ketones is 1. The lowest BCUT2D eigenvalue weighted by molar-refractivity contribution is -0.246. The van der Waals surface area contributed by atoms with Crippen LogP contribution in [0.5, 0.6) is 0 Å². The number of ether oxygens (including phenoxy) is 2. The molecule has 5 atom stereocenters. The van der Waals surface area contributed by atoms with Crippen molar-refractivity contribution in [3.8, 4) is 0 Å². The SMILES string of the molecule is C=C1CC23CC[C@@]1(C1(C)OCCO1)[C@@]2(C)CC[C@@H]1C2=C(CC[C@H]13)CC(=O)CC2. The number of carbonyl (C=O) groups is 1. The number of hydrogen-bond donors (Lipinski definition) is 0. The van der Waals surface area contributed by atoms with Crippen molar-refractivity contribution in [3.05, 3.63) is 23.3 Å². The normalized spacial score (nSPS) is 49.2. The molecule has 152 valence electrons. The number of carbonyl (C=O) groups excluding carboxylic acids is 1. The lowest BCUT2D eigenvalue weighted by Gasteiger charge is -2.59. The Morgan fingerprint density at radius 2 is 1.79 bits per heavy atom. The Morgan fingerprint density at radius 1 is 1.00 bits per heavy atom. The molecule has 0 N–H and O–H groups in total. The van der Waals surface area contributed by atoms with E-state index in [-0.39, 0.29) is 10.8 Å². The Balaban J connectivity index is 1.45. The molecule has 3 saturated carbocycles. The summed E-state index contributed by atoms with van der Waals surface area (Å²) in [5.41, 5.74) is 5.17. The van der Waals surface area contributed by atoms with Gasteiger partial charge in [-0.05, 0) is 81.0 Å². The molecule has 0 aromatic carbocycles. The summed E-state index contributed by atoms with van der Waals surface area (Å²) in [6.45, 7) is 10.9. The van der Waals surface area contributed by atoms with Crippen LogP contribution in [0.15, 0.2) is 23.3 Å². The fourth-order valence-electron chi connectivity index (χ4n) is 9.61. The van der Waals surface area contributed by atoms with Crippen LogP contribution in [0.4, 0.5) is 0 Å². The Hall–Kier alpha value is -0.930. The summed E-state index contributed by atoms with van der Waals surface area (Å²) in [6.07, 6.45) is 11.2. The first-order valence-electron chi connectivity index (χ1n) is 11.6. The number of Topliss-reactive ketones (excluding diaryl/α,β-unsaturated/α-hetero) is 1. The molecule has 0 aromatic rings. The Morgan fingerprint density at radius 3 is 2.54 bits per heavy atom. The molecule has 28 heavy (non-hydrogen) atoms. The van der Waals surface area contributed by atoms with Crippen molar-refractivity contribution in [2.75, 3.05) is 13.2 Å². The first kappa shape index (κ1) is 17.9. The average molecular weight is 383 g/mol. The summed E-state index contributed by atoms with van der Waals surface area (Å²) < 4.78 is 12.7. The summed E-state index contributed by atoms with van der Waals surface area (Å²) in [5, 5.41) is 0. The van der Waals surface area contributed by atoms with Gasteiger partial charge in [0, 0.05) is 12.8 Å². The van der Waals surface area contributed by atoms with Gasteiger partial charge in [-0.1, -0.05) is 30.2 Å². The van der Waals surface area contributed by atoms with Crippen LogP contribution in [0.25, 0.3) is 0 Å². The van der Waals surface area contributed by atoms with Crippen LogP contribution in [-0.4, -0.2) is 24.8 Å². The van der Waals surface area contributed by atoms with Crippen LogP contribution < -0.4 is 0 Å². The van der Waals surface area contributed by atoms with E-state index in [2.05, 4.69) is 20.4 Å². The maximum Gasteiger partial charge on any atom is 0.175 e. The highest BCUT2D eigenvalue weighted by Crippen LogP contribution is 2.84. The zero-order chi connectivity index (χ0) is 19.4. The molecule has 3 heteroatoms. The zero-order valence-electron chi connectivity index (χ0n) is 17.6. The molecule has 0 amide bonds. The van der Waals surface area contributed by atoms with E-state index in [1.165, 1.54) is 43.3 Å². The zero-order valence-corrected chi connectivity index (χ0v) is 17.6. The number of fused-ring (bicyclic) bond motifs is 2. The molecule has 0 radical (unpaired) electrons. The van der Waals surface area contributed by atoms with Crippen molar-refractivity contribution in [2.45, 2.75) is 83.8 Å². The quantitative estimate of drug-likeness (QED) is 0.573. The van der Waals surface area contributed by atoms with Crippen LogP contribution in [0.2, 0.25) is 0 Å². The minimum Gasteiger partial charge on any atom is -0.347 e. The molecule has 1 aliphatic heterocycles. The van der Waals surface area contributed by atoms with Gasteiger partial charge in [0.25, 0.3) is 0 Å². The van der Waals surface area contributed by atoms with E-state index in [0.717, 1.165) is 38.0 Å². The predicted molar refractivity (Wildman–Crippen MR) is 108 cm³/mol. The first-order valence-corrected chi connectivity index (χ1v) is 11.6. The second kappa shape index (κ2) is 5.40. The molecule has 6 aliphatic rings. The fourth-order valence-corrected chi connectivity index (χ4v) is 9.61. The minimum absolute atomic E-state index is 0.0291. The van der Waals surface area contributed by atoms with Crippen molar-refractivity contribution in [2.24, 2.45) is 28.1 Å². The molecule has 4 fully saturated rings. The third-order valence-corrected chi connectivity index (χ3v) is 10.6. The van der Waals surface area contributed by atoms with Gasteiger partial charge in [0.05, 0.1) is 18.6 Å². The lowest BCUT2D eigenvalue weighted by Crippen LogP contribution is -2.57. The lowest BCUT2D eigenvalue weighted by atomic mass is 9.46. The standard InChI is InChI=1S/C25H34O3/c1-16-15-24-10-11-25(16,23(3)27-12-13-28-23)22(24,2)9-8-20-19-6-5-18(26)14-17(19)4-7-21(20)24/h20-21H,1,4-15H2,2-3H3/t20-,21-,22+,24?,25+/m1/s1. The molecule has 1 heterocycles. The van der Waals surface area contributed by atoms with E-state index in [1.807, 2.05) is 0 Å². The second-order valence-electron chi connectivity index (χ2n) is 11.0. The molecule has 1 unspecified atom stereocenters. The third kappa shape index (κ3) is 1.75. The summed E-state index contributed by atoms with van der Waals surface area (Å²) >= 11 is 0. The molecule has 6 rings (SSSR count). The van der Waals surface area contributed by atoms with Crippen molar-refractivity contribution >= 4 is 5.78 Å². The molecular weight excluding hydrogens is 348 g/mol. The van der Waals surface area contributed by atoms with Crippen LogP contribution in [0.3, 0.4) is 0 Å². The van der Waals surface area contributed by atoms with E-state index in [9.17, 15) is 4.79 Å². The highest BCUT2D eigenvalue weighted by Gasteiger charge is 2.80. The summed E-state index contributed by atoms with van der Waals surface area (Å²) in [5.74, 6) is 1.43. The maximum absolute atomic E-state index is 12.0. The minimum atomic E-state index is -0.500. The molecule has 5 aliphatic carbocycles. The van der Waals surface area contributed by atoms with E-state index < -0.39 is 5.79 Å². The van der Waals surface area contributed by atoms with E-state index in [4.69, 9.17) is 9.47 Å². The highest BCUT2D eigenvalue weighted by atomic mass is 16.7. The van der Waals surface area contributed by atoms with Gasteiger partial charge >= 0.3 is 0 Å². The summed E-state index contributed by atoms with van der Waals surface area (Å²) in [4.78, 5) is 12.0. The van der Waals surface area contributed by atoms with Gasteiger partial charge in [0.15, 0.2) is 5.79 Å². The van der Waals surface area contributed by atoms with Crippen LogP contribution in [-0.2, 0) is 14.3 Å². The Kier molecular flexibility index (Phi) is 3.45. The molecule has 0 aromatic heterocycles. The van der Waals surface area contributed by atoms with Gasteiger partial charge in [-0.2, -0.15) is 0 Å². The van der Waals surface area contributed by atoms with Gasteiger partial charge in [0.1, 0.15) is 5.78 Å². The number of allylic oxidation sites excluding steroid dienone is 2. The second-order valence-corrected chi connectivity index (χ2v) is 11.0. The van der Waals surface area contributed by atoms with Crippen molar-refractivity contribution < 1.29 is 14.3 Å². The van der Waals surface area contributed by atoms with Crippen molar-refractivity contribution in [3.63, 3.8) is 0 Å². The van der Waals surface area contributed by atoms with Crippen molar-refractivity contribution in [1.82, 2.24) is 0 Å². The van der Waals surface area contributed by atoms with Crippen molar-refractivity contribution in [1.29, 1.82) is 0 Å². The van der Waals surface area contributed by atoms with Gasteiger partial charge in [0.2, 0.25) is 0 Å². The number of rotatable bonds is 1. The first-order chi connectivity index (χ1) is 13.4. The molecule has 0 spiro atoms. The van der Waals surface area contributed by atoms with Gasteiger partial charge in [-0.25, -0.2) is 0 Å². The monoisotopic (exact) mass is 382 g/mol. The van der Waals surface area contributed by atoms with Gasteiger partial charge in [-0.15, -0.1) is 0 Å². The van der Waals surface area contributed by atoms with Crippen LogP contribution in [0.1, 0.15) is 78.1 Å². The van der Waals surface area contributed by atoms with E-state index in [0.29, 0.717) is 30.3 Å². The molecule has 3 nitrogen and oxygen atoms in total. The van der Waals surface area contributed by atoms with E-state index in [1.54, 1.807) is 5.57 Å². The van der Waals surface area contributed by atoms with Crippen LogP contribution in [0, 0.1) is 28.1 Å². The summed E-state index contributed by atoms with van der Waals surface area (Å²) in [6, 6.07) is 0.